The van der Waals surface area contributed by atoms with E-state index in [4.69, 9.17) is 0 Å². The highest BCUT2D eigenvalue weighted by Crippen LogP contribution is 2.27. The zero-order valence-corrected chi connectivity index (χ0v) is 14.0. The van der Waals surface area contributed by atoms with Crippen LogP contribution in [0, 0.1) is 5.92 Å². The van der Waals surface area contributed by atoms with E-state index < -0.39 is 9.84 Å². The van der Waals surface area contributed by atoms with E-state index >= 15 is 0 Å². The Morgan fingerprint density at radius 3 is 2.58 bits per heavy atom. The molecule has 1 atom stereocenters. The van der Waals surface area contributed by atoms with Crippen LogP contribution in [0.15, 0.2) is 0 Å². The molecule has 0 spiro atoms. The van der Waals surface area contributed by atoms with Crippen LogP contribution in [-0.4, -0.2) is 44.5 Å². The van der Waals surface area contributed by atoms with Crippen molar-refractivity contribution in [3.63, 3.8) is 0 Å². The smallest absolute Gasteiger partial charge is 0.147 e. The molecule has 1 fully saturated rings. The number of nitrogens with one attached hydrogen (secondary N) is 1. The van der Waals surface area contributed by atoms with Gasteiger partial charge < -0.3 is 5.32 Å². The van der Waals surface area contributed by atoms with Crippen molar-refractivity contribution in [2.24, 2.45) is 5.92 Å². The molecular weight excluding hydrogens is 278 g/mol. The van der Waals surface area contributed by atoms with Crippen LogP contribution in [0.25, 0.3) is 0 Å². The molecular formula is C14H29NO2S2. The van der Waals surface area contributed by atoms with Crippen LogP contribution in [0.1, 0.15) is 45.4 Å². The predicted molar refractivity (Wildman–Crippen MR) is 85.7 cm³/mol. The molecule has 5 heteroatoms. The van der Waals surface area contributed by atoms with Gasteiger partial charge in [0.1, 0.15) is 9.84 Å². The van der Waals surface area contributed by atoms with Gasteiger partial charge in [-0.1, -0.05) is 6.92 Å². The van der Waals surface area contributed by atoms with Gasteiger partial charge in [-0.3, -0.25) is 0 Å². The highest BCUT2D eigenvalue weighted by molar-refractivity contribution is 7.99. The summed E-state index contributed by atoms with van der Waals surface area (Å²) in [7, 11) is -2.80. The van der Waals surface area contributed by atoms with Crippen molar-refractivity contribution in [1.82, 2.24) is 5.32 Å². The minimum absolute atomic E-state index is 0.331. The number of hydrogen-bond donors (Lipinski definition) is 1. The van der Waals surface area contributed by atoms with Crippen molar-refractivity contribution < 1.29 is 8.42 Å². The molecule has 0 aromatic carbocycles. The van der Waals surface area contributed by atoms with Gasteiger partial charge in [-0.15, -0.1) is 0 Å². The Morgan fingerprint density at radius 2 is 2.00 bits per heavy atom. The van der Waals surface area contributed by atoms with Crippen LogP contribution >= 0.6 is 11.8 Å². The number of rotatable bonds is 9. The van der Waals surface area contributed by atoms with Crippen molar-refractivity contribution in [1.29, 1.82) is 0 Å². The third kappa shape index (κ3) is 8.92. The molecule has 1 heterocycles. The molecule has 0 radical (unpaired) electrons. The summed E-state index contributed by atoms with van der Waals surface area (Å²) in [6.45, 7) is 3.23. The summed E-state index contributed by atoms with van der Waals surface area (Å²) in [6.07, 6.45) is 8.16. The Morgan fingerprint density at radius 1 is 1.32 bits per heavy atom. The molecule has 0 aromatic rings. The summed E-state index contributed by atoms with van der Waals surface area (Å²) >= 11 is 2.07. The van der Waals surface area contributed by atoms with E-state index in [1.54, 1.807) is 0 Å². The molecule has 0 bridgehead atoms. The van der Waals surface area contributed by atoms with Crippen molar-refractivity contribution >= 4 is 21.6 Å². The Hall–Kier alpha value is 0.260. The summed E-state index contributed by atoms with van der Waals surface area (Å²) in [4.78, 5) is 0. The fourth-order valence-corrected chi connectivity index (χ4v) is 4.52. The second-order valence-electron chi connectivity index (χ2n) is 5.71. The molecule has 0 aliphatic carbocycles. The first-order valence-electron chi connectivity index (χ1n) is 7.50. The molecule has 1 aliphatic rings. The van der Waals surface area contributed by atoms with Crippen molar-refractivity contribution in [2.75, 3.05) is 30.1 Å². The van der Waals surface area contributed by atoms with Gasteiger partial charge in [-0.25, -0.2) is 8.42 Å². The van der Waals surface area contributed by atoms with E-state index in [2.05, 4.69) is 24.0 Å². The first-order chi connectivity index (χ1) is 9.01. The quantitative estimate of drug-likeness (QED) is 0.711. The molecule has 1 unspecified atom stereocenters. The molecule has 0 saturated carbocycles. The van der Waals surface area contributed by atoms with Crippen molar-refractivity contribution in [3.8, 4) is 0 Å². The second-order valence-corrected chi connectivity index (χ2v) is 9.20. The molecule has 1 aliphatic heterocycles. The summed E-state index contributed by atoms with van der Waals surface area (Å²) in [5.74, 6) is 3.77. The van der Waals surface area contributed by atoms with Gasteiger partial charge in [-0.05, 0) is 62.5 Å². The number of thioether (sulfide) groups is 1. The Bertz CT molecular complexity index is 324. The van der Waals surface area contributed by atoms with Gasteiger partial charge in [0.05, 0.1) is 0 Å². The zero-order chi connectivity index (χ0) is 14.1. The summed E-state index contributed by atoms with van der Waals surface area (Å²) in [5, 5.41) is 3.60. The fourth-order valence-electron chi connectivity index (χ4n) is 2.63. The monoisotopic (exact) mass is 307 g/mol. The maximum absolute atomic E-state index is 11.2. The molecule has 0 aromatic heterocycles. The number of sulfone groups is 1. The number of hydrogen-bond acceptors (Lipinski definition) is 4. The molecule has 1 N–H and O–H groups in total. The lowest BCUT2D eigenvalue weighted by Crippen LogP contribution is -2.33. The van der Waals surface area contributed by atoms with Gasteiger partial charge in [-0.2, -0.15) is 11.8 Å². The molecule has 114 valence electrons. The van der Waals surface area contributed by atoms with E-state index in [-0.39, 0.29) is 0 Å². The third-order valence-corrected chi connectivity index (χ3v) is 5.79. The minimum atomic E-state index is -2.80. The summed E-state index contributed by atoms with van der Waals surface area (Å²) in [5.41, 5.74) is 0. The molecule has 3 nitrogen and oxygen atoms in total. The first kappa shape index (κ1) is 17.3. The normalized spacial score (nSPS) is 19.5. The van der Waals surface area contributed by atoms with Crippen LogP contribution < -0.4 is 5.32 Å². The highest BCUT2D eigenvalue weighted by atomic mass is 32.2. The van der Waals surface area contributed by atoms with Gasteiger partial charge in [0.25, 0.3) is 0 Å². The maximum atomic E-state index is 11.2. The molecule has 1 saturated heterocycles. The van der Waals surface area contributed by atoms with Gasteiger partial charge >= 0.3 is 0 Å². The van der Waals surface area contributed by atoms with Gasteiger partial charge in [0, 0.05) is 18.1 Å². The highest BCUT2D eigenvalue weighted by Gasteiger charge is 2.19. The largest absolute Gasteiger partial charge is 0.314 e. The minimum Gasteiger partial charge on any atom is -0.314 e. The summed E-state index contributed by atoms with van der Waals surface area (Å²) in [6, 6.07) is 0.509. The van der Waals surface area contributed by atoms with Crippen LogP contribution in [0.3, 0.4) is 0 Å². The SMILES string of the molecule is CCCNC(CCCS(C)(=O)=O)CC1CCSCC1. The van der Waals surface area contributed by atoms with E-state index in [1.807, 2.05) is 0 Å². The topological polar surface area (TPSA) is 46.2 Å². The molecule has 19 heavy (non-hydrogen) atoms. The second kappa shape index (κ2) is 9.24. The summed E-state index contributed by atoms with van der Waals surface area (Å²) < 4.78 is 22.4. The van der Waals surface area contributed by atoms with Gasteiger partial charge in [0.15, 0.2) is 0 Å². The van der Waals surface area contributed by atoms with Crippen molar-refractivity contribution in [3.05, 3.63) is 0 Å². The van der Waals surface area contributed by atoms with E-state index in [9.17, 15) is 8.42 Å². The van der Waals surface area contributed by atoms with E-state index in [0.29, 0.717) is 11.8 Å². The third-order valence-electron chi connectivity index (χ3n) is 3.71. The zero-order valence-electron chi connectivity index (χ0n) is 12.4. The molecule has 0 amide bonds. The Kier molecular flexibility index (Phi) is 8.42. The Labute approximate surface area is 123 Å². The lowest BCUT2D eigenvalue weighted by Gasteiger charge is -2.27. The predicted octanol–water partition coefficient (Wildman–Crippen LogP) is 2.71. The standard InChI is InChI=1S/C14H29NO2S2/c1-3-8-15-14(5-4-11-19(2,16)17)12-13-6-9-18-10-7-13/h13-15H,3-12H2,1-2H3. The molecule has 1 rings (SSSR count). The fraction of sp³-hybridized carbons (Fsp3) is 1.00. The Balaban J connectivity index is 2.32. The maximum Gasteiger partial charge on any atom is 0.147 e. The average molecular weight is 308 g/mol. The lowest BCUT2D eigenvalue weighted by molar-refractivity contribution is 0.349. The van der Waals surface area contributed by atoms with E-state index in [0.717, 1.165) is 31.7 Å². The van der Waals surface area contributed by atoms with Crippen molar-refractivity contribution in [2.45, 2.75) is 51.5 Å². The van der Waals surface area contributed by atoms with Crippen LogP contribution in [-0.2, 0) is 9.84 Å². The van der Waals surface area contributed by atoms with Gasteiger partial charge in [0.2, 0.25) is 0 Å². The van der Waals surface area contributed by atoms with Crippen LogP contribution in [0.2, 0.25) is 0 Å². The van der Waals surface area contributed by atoms with Crippen LogP contribution in [0.4, 0.5) is 0 Å². The average Bonchev–Trinajstić information content (AvgIpc) is 2.35. The first-order valence-corrected chi connectivity index (χ1v) is 10.7. The van der Waals surface area contributed by atoms with Crippen LogP contribution in [0.5, 0.6) is 0 Å². The van der Waals surface area contributed by atoms with E-state index in [1.165, 1.54) is 37.0 Å². The lowest BCUT2D eigenvalue weighted by atomic mass is 9.92.